The first-order chi connectivity index (χ1) is 5.70. The Kier molecular flexibility index (Phi) is 3.23. The molecule has 2 heteroatoms. The highest BCUT2D eigenvalue weighted by atomic mass is 16.1. The van der Waals surface area contributed by atoms with Crippen LogP contribution in [0.2, 0.25) is 0 Å². The summed E-state index contributed by atoms with van der Waals surface area (Å²) in [6.45, 7) is 1.97. The van der Waals surface area contributed by atoms with Gasteiger partial charge in [0.15, 0.2) is 5.78 Å². The summed E-state index contributed by atoms with van der Waals surface area (Å²) in [5.41, 5.74) is 5.60. The number of allylic oxidation sites excluding steroid dienone is 4. The summed E-state index contributed by atoms with van der Waals surface area (Å²) in [7, 11) is 0. The quantitative estimate of drug-likeness (QED) is 0.687. The van der Waals surface area contributed by atoms with Crippen LogP contribution in [0.1, 0.15) is 19.8 Å². The van der Waals surface area contributed by atoms with Crippen LogP contribution in [0.25, 0.3) is 0 Å². The van der Waals surface area contributed by atoms with Gasteiger partial charge in [0.05, 0.1) is 0 Å². The van der Waals surface area contributed by atoms with Gasteiger partial charge in [0.25, 0.3) is 0 Å². The van der Waals surface area contributed by atoms with Crippen LogP contribution in [0.5, 0.6) is 0 Å². The molecule has 0 aromatic carbocycles. The topological polar surface area (TPSA) is 43.1 Å². The average molecular weight is 165 g/mol. The third kappa shape index (κ3) is 2.62. The van der Waals surface area contributed by atoms with Crippen molar-refractivity contribution in [3.63, 3.8) is 0 Å². The van der Waals surface area contributed by atoms with Crippen molar-refractivity contribution < 1.29 is 4.79 Å². The smallest absolute Gasteiger partial charge is 0.162 e. The number of rotatable bonds is 3. The molecule has 0 saturated carbocycles. The van der Waals surface area contributed by atoms with Crippen molar-refractivity contribution in [3.8, 4) is 0 Å². The summed E-state index contributed by atoms with van der Waals surface area (Å²) >= 11 is 0. The minimum absolute atomic E-state index is 0.0704. The summed E-state index contributed by atoms with van der Waals surface area (Å²) in [6, 6.07) is 0.192. The van der Waals surface area contributed by atoms with Gasteiger partial charge >= 0.3 is 0 Å². The lowest BCUT2D eigenvalue weighted by molar-refractivity contribution is -0.117. The van der Waals surface area contributed by atoms with Crippen LogP contribution in [0.15, 0.2) is 24.3 Å². The number of hydrogen-bond donors (Lipinski definition) is 1. The lowest BCUT2D eigenvalue weighted by atomic mass is 9.93. The molecule has 0 heterocycles. The van der Waals surface area contributed by atoms with Crippen LogP contribution < -0.4 is 5.73 Å². The fourth-order valence-electron chi connectivity index (χ4n) is 1.25. The van der Waals surface area contributed by atoms with Gasteiger partial charge in [-0.3, -0.25) is 4.79 Å². The molecular formula is C10H15NO. The van der Waals surface area contributed by atoms with Gasteiger partial charge in [-0.1, -0.05) is 18.2 Å². The molecule has 2 N–H and O–H groups in total. The number of carbonyl (C=O) groups is 1. The van der Waals surface area contributed by atoms with E-state index < -0.39 is 0 Å². The SMILES string of the molecule is CC(N)CCC1C=CC=CC1=O. The molecule has 1 aliphatic carbocycles. The molecule has 0 amide bonds. The van der Waals surface area contributed by atoms with Crippen molar-refractivity contribution in [3.05, 3.63) is 24.3 Å². The van der Waals surface area contributed by atoms with E-state index in [1.165, 1.54) is 0 Å². The molecule has 12 heavy (non-hydrogen) atoms. The second-order valence-corrected chi connectivity index (χ2v) is 3.31. The number of nitrogens with two attached hydrogens (primary N) is 1. The maximum Gasteiger partial charge on any atom is 0.162 e. The first kappa shape index (κ1) is 9.20. The molecule has 0 fully saturated rings. The Balaban J connectivity index is 2.37. The summed E-state index contributed by atoms with van der Waals surface area (Å²) in [4.78, 5) is 11.2. The minimum atomic E-state index is 0.0704. The Morgan fingerprint density at radius 1 is 1.58 bits per heavy atom. The van der Waals surface area contributed by atoms with E-state index in [1.807, 2.05) is 19.1 Å². The van der Waals surface area contributed by atoms with Crippen molar-refractivity contribution in [2.45, 2.75) is 25.8 Å². The second kappa shape index (κ2) is 4.21. The van der Waals surface area contributed by atoms with Gasteiger partial charge < -0.3 is 5.73 Å². The lowest BCUT2D eigenvalue weighted by Crippen LogP contribution is -2.19. The summed E-state index contributed by atoms with van der Waals surface area (Å²) < 4.78 is 0. The van der Waals surface area contributed by atoms with Crippen LogP contribution in [-0.4, -0.2) is 11.8 Å². The molecule has 66 valence electrons. The summed E-state index contributed by atoms with van der Waals surface area (Å²) in [5.74, 6) is 0.277. The molecule has 0 aromatic heterocycles. The Bertz CT molecular complexity index is 216. The van der Waals surface area contributed by atoms with E-state index in [1.54, 1.807) is 12.2 Å². The molecule has 2 unspecified atom stereocenters. The normalized spacial score (nSPS) is 24.5. The highest BCUT2D eigenvalue weighted by Gasteiger charge is 2.14. The maximum absolute atomic E-state index is 11.2. The zero-order valence-corrected chi connectivity index (χ0v) is 7.36. The summed E-state index contributed by atoms with van der Waals surface area (Å²) in [5, 5.41) is 0. The van der Waals surface area contributed by atoms with E-state index in [0.29, 0.717) is 0 Å². The summed E-state index contributed by atoms with van der Waals surface area (Å²) in [6.07, 6.45) is 9.07. The van der Waals surface area contributed by atoms with Gasteiger partial charge in [-0.25, -0.2) is 0 Å². The average Bonchev–Trinajstić information content (AvgIpc) is 2.03. The van der Waals surface area contributed by atoms with Crippen molar-refractivity contribution in [1.82, 2.24) is 0 Å². The monoisotopic (exact) mass is 165 g/mol. The van der Waals surface area contributed by atoms with E-state index >= 15 is 0 Å². The van der Waals surface area contributed by atoms with Crippen LogP contribution in [0.4, 0.5) is 0 Å². The fourth-order valence-corrected chi connectivity index (χ4v) is 1.25. The maximum atomic E-state index is 11.2. The Labute approximate surface area is 73.1 Å². The van der Waals surface area contributed by atoms with Crippen LogP contribution in [-0.2, 0) is 4.79 Å². The van der Waals surface area contributed by atoms with E-state index in [4.69, 9.17) is 5.73 Å². The third-order valence-corrected chi connectivity index (χ3v) is 2.01. The van der Waals surface area contributed by atoms with Crippen LogP contribution in [0, 0.1) is 5.92 Å². The van der Waals surface area contributed by atoms with Gasteiger partial charge in [0, 0.05) is 12.0 Å². The van der Waals surface area contributed by atoms with Gasteiger partial charge in [-0.05, 0) is 25.8 Å². The molecule has 2 atom stereocenters. The molecule has 0 radical (unpaired) electrons. The molecule has 0 aliphatic heterocycles. The van der Waals surface area contributed by atoms with Gasteiger partial charge in [-0.15, -0.1) is 0 Å². The second-order valence-electron chi connectivity index (χ2n) is 3.31. The van der Waals surface area contributed by atoms with E-state index in [2.05, 4.69) is 0 Å². The van der Waals surface area contributed by atoms with E-state index in [0.717, 1.165) is 12.8 Å². The third-order valence-electron chi connectivity index (χ3n) is 2.01. The molecule has 1 aliphatic rings. The van der Waals surface area contributed by atoms with Gasteiger partial charge in [-0.2, -0.15) is 0 Å². The zero-order chi connectivity index (χ0) is 8.97. The Morgan fingerprint density at radius 3 is 2.92 bits per heavy atom. The predicted molar refractivity (Wildman–Crippen MR) is 49.7 cm³/mol. The van der Waals surface area contributed by atoms with Crippen molar-refractivity contribution >= 4 is 5.78 Å². The van der Waals surface area contributed by atoms with Crippen molar-refractivity contribution in [2.75, 3.05) is 0 Å². The van der Waals surface area contributed by atoms with Crippen molar-refractivity contribution in [1.29, 1.82) is 0 Å². The number of hydrogen-bond acceptors (Lipinski definition) is 2. The first-order valence-electron chi connectivity index (χ1n) is 4.34. The van der Waals surface area contributed by atoms with Gasteiger partial charge in [0.2, 0.25) is 0 Å². The highest BCUT2D eigenvalue weighted by Crippen LogP contribution is 2.14. The Hall–Kier alpha value is -0.890. The molecular weight excluding hydrogens is 150 g/mol. The van der Waals surface area contributed by atoms with Crippen LogP contribution in [0.3, 0.4) is 0 Å². The van der Waals surface area contributed by atoms with Gasteiger partial charge in [0.1, 0.15) is 0 Å². The molecule has 2 nitrogen and oxygen atoms in total. The molecule has 0 aromatic rings. The lowest BCUT2D eigenvalue weighted by Gasteiger charge is -2.12. The van der Waals surface area contributed by atoms with Crippen molar-refractivity contribution in [2.24, 2.45) is 11.7 Å². The van der Waals surface area contributed by atoms with Crippen LogP contribution >= 0.6 is 0 Å². The fraction of sp³-hybridized carbons (Fsp3) is 0.500. The largest absolute Gasteiger partial charge is 0.328 e. The zero-order valence-electron chi connectivity index (χ0n) is 7.36. The van der Waals surface area contributed by atoms with E-state index in [-0.39, 0.29) is 17.7 Å². The Morgan fingerprint density at radius 2 is 2.33 bits per heavy atom. The molecule has 0 saturated heterocycles. The standard InChI is InChI=1S/C10H15NO/c1-8(11)6-7-9-4-2-3-5-10(9)12/h2-5,8-9H,6-7,11H2,1H3. The highest BCUT2D eigenvalue weighted by molar-refractivity contribution is 5.94. The first-order valence-corrected chi connectivity index (χ1v) is 4.34. The molecule has 1 rings (SSSR count). The molecule has 0 spiro atoms. The minimum Gasteiger partial charge on any atom is -0.328 e. The predicted octanol–water partition coefficient (Wildman–Crippen LogP) is 1.43. The number of carbonyl (C=O) groups excluding carboxylic acids is 1. The molecule has 0 bridgehead atoms. The van der Waals surface area contributed by atoms with E-state index in [9.17, 15) is 4.79 Å². The number of ketones is 1.